The molecule has 1 amide bonds. The average molecular weight is 448 g/mol. The van der Waals surface area contributed by atoms with Crippen LogP contribution in [-0.2, 0) is 32.3 Å². The van der Waals surface area contributed by atoms with Gasteiger partial charge in [-0.25, -0.2) is 17.7 Å². The molecule has 3 rings (SSSR count). The van der Waals surface area contributed by atoms with E-state index in [-0.39, 0.29) is 35.0 Å². The third kappa shape index (κ3) is 4.76. The second kappa shape index (κ2) is 8.52. The Morgan fingerprint density at radius 3 is 2.70 bits per heavy atom. The molecule has 1 atom stereocenters. The van der Waals surface area contributed by atoms with E-state index in [1.54, 1.807) is 0 Å². The van der Waals surface area contributed by atoms with Gasteiger partial charge in [-0.15, -0.1) is 0 Å². The van der Waals surface area contributed by atoms with E-state index in [2.05, 4.69) is 10.3 Å². The van der Waals surface area contributed by atoms with Crippen molar-refractivity contribution < 1.29 is 31.1 Å². The Hall–Kier alpha value is -2.18. The minimum atomic E-state index is -4.76. The molecule has 30 heavy (non-hydrogen) atoms. The van der Waals surface area contributed by atoms with Gasteiger partial charge in [-0.1, -0.05) is 0 Å². The van der Waals surface area contributed by atoms with Crippen LogP contribution in [0.1, 0.15) is 25.1 Å². The highest BCUT2D eigenvalue weighted by Crippen LogP contribution is 2.32. The van der Waals surface area contributed by atoms with E-state index in [0.29, 0.717) is 13.2 Å². The van der Waals surface area contributed by atoms with Crippen molar-refractivity contribution in [1.82, 2.24) is 19.2 Å². The van der Waals surface area contributed by atoms with Gasteiger partial charge in [0.05, 0.1) is 22.0 Å². The van der Waals surface area contributed by atoms with Gasteiger partial charge in [0.15, 0.2) is 0 Å². The second-order valence-electron chi connectivity index (χ2n) is 7.21. The number of carbonyl (C=O) groups excluding carboxylic acids is 1. The normalized spacial score (nSPS) is 17.7. The minimum absolute atomic E-state index is 0.0640. The van der Waals surface area contributed by atoms with Gasteiger partial charge < -0.3 is 14.6 Å². The smallest absolute Gasteiger partial charge is 0.376 e. The Morgan fingerprint density at radius 1 is 1.37 bits per heavy atom. The van der Waals surface area contributed by atoms with Crippen molar-refractivity contribution in [3.05, 3.63) is 24.0 Å². The Bertz CT molecular complexity index is 1030. The zero-order valence-corrected chi connectivity index (χ0v) is 17.4. The van der Waals surface area contributed by atoms with Gasteiger partial charge in [-0.2, -0.15) is 13.2 Å². The van der Waals surface area contributed by atoms with Gasteiger partial charge in [0, 0.05) is 40.2 Å². The number of imidazole rings is 1. The lowest BCUT2D eigenvalue weighted by Crippen LogP contribution is -2.32. The number of amides is 1. The molecule has 1 aromatic heterocycles. The van der Waals surface area contributed by atoms with Crippen molar-refractivity contribution in [2.45, 2.75) is 43.0 Å². The molecule has 1 aromatic carbocycles. The second-order valence-corrected chi connectivity index (χ2v) is 9.36. The fourth-order valence-corrected chi connectivity index (χ4v) is 4.18. The number of sulfonamides is 1. The number of hydrogen-bond donors (Lipinski definition) is 1. The molecule has 0 unspecified atom stereocenters. The summed E-state index contributed by atoms with van der Waals surface area (Å²) < 4.78 is 72.3. The highest BCUT2D eigenvalue weighted by molar-refractivity contribution is 7.89. The van der Waals surface area contributed by atoms with Crippen LogP contribution >= 0.6 is 0 Å². The van der Waals surface area contributed by atoms with Crippen LogP contribution in [0.3, 0.4) is 0 Å². The molecule has 1 saturated heterocycles. The number of fused-ring (bicyclic) bond motifs is 1. The van der Waals surface area contributed by atoms with Crippen LogP contribution in [0.25, 0.3) is 11.0 Å². The summed E-state index contributed by atoms with van der Waals surface area (Å²) in [7, 11) is -1.17. The maximum atomic E-state index is 13.5. The number of nitrogens with one attached hydrogen (secondary N) is 1. The third-order valence-corrected chi connectivity index (χ3v) is 6.68. The third-order valence-electron chi connectivity index (χ3n) is 4.87. The summed E-state index contributed by atoms with van der Waals surface area (Å²) in [5, 5.41) is 2.67. The summed E-state index contributed by atoms with van der Waals surface area (Å²) in [6.07, 6.45) is -3.25. The number of nitrogens with zero attached hydrogens (tertiary/aromatic N) is 3. The SMILES string of the molecule is CN(C)S(=O)(=O)c1ccc2c(c1)nc(C(F)(F)F)n2CCC(=O)NC[C@@H]1CCCO1. The molecule has 0 saturated carbocycles. The van der Waals surface area contributed by atoms with Crippen molar-refractivity contribution in [3.63, 3.8) is 0 Å². The number of alkyl halides is 3. The number of halogens is 3. The van der Waals surface area contributed by atoms with Crippen molar-refractivity contribution in [1.29, 1.82) is 0 Å². The van der Waals surface area contributed by atoms with Crippen molar-refractivity contribution in [3.8, 4) is 0 Å². The Labute approximate surface area is 172 Å². The van der Waals surface area contributed by atoms with E-state index in [4.69, 9.17) is 4.74 Å². The lowest BCUT2D eigenvalue weighted by Gasteiger charge is -2.13. The zero-order chi connectivity index (χ0) is 22.1. The van der Waals surface area contributed by atoms with Crippen LogP contribution in [-0.4, -0.2) is 61.5 Å². The molecule has 12 heteroatoms. The van der Waals surface area contributed by atoms with E-state index in [1.165, 1.54) is 26.2 Å². The molecule has 2 aromatic rings. The number of benzene rings is 1. The van der Waals surface area contributed by atoms with Crippen LogP contribution in [0.4, 0.5) is 13.2 Å². The first-order chi connectivity index (χ1) is 14.0. The van der Waals surface area contributed by atoms with Crippen LogP contribution in [0.5, 0.6) is 0 Å². The molecule has 0 aliphatic carbocycles. The van der Waals surface area contributed by atoms with E-state index < -0.39 is 27.9 Å². The molecule has 0 bridgehead atoms. The van der Waals surface area contributed by atoms with Gasteiger partial charge >= 0.3 is 6.18 Å². The monoisotopic (exact) mass is 448 g/mol. The van der Waals surface area contributed by atoms with Gasteiger partial charge in [0.1, 0.15) is 0 Å². The predicted molar refractivity (Wildman–Crippen MR) is 102 cm³/mol. The number of aryl methyl sites for hydroxylation is 1. The highest BCUT2D eigenvalue weighted by atomic mass is 32.2. The lowest BCUT2D eigenvalue weighted by molar-refractivity contribution is -0.147. The first kappa shape index (κ1) is 22.5. The van der Waals surface area contributed by atoms with Crippen LogP contribution < -0.4 is 5.32 Å². The molecule has 0 radical (unpaired) electrons. The zero-order valence-electron chi connectivity index (χ0n) is 16.6. The van der Waals surface area contributed by atoms with Crippen LogP contribution in [0.2, 0.25) is 0 Å². The average Bonchev–Trinajstić information content (AvgIpc) is 3.31. The molecule has 0 spiro atoms. The summed E-state index contributed by atoms with van der Waals surface area (Å²) in [6.45, 7) is 0.714. The highest BCUT2D eigenvalue weighted by Gasteiger charge is 2.38. The van der Waals surface area contributed by atoms with E-state index in [0.717, 1.165) is 27.8 Å². The fourth-order valence-electron chi connectivity index (χ4n) is 3.26. The molecule has 1 fully saturated rings. The topological polar surface area (TPSA) is 93.5 Å². The molecular formula is C18H23F3N4O4S. The number of ether oxygens (including phenoxy) is 1. The number of hydrogen-bond acceptors (Lipinski definition) is 5. The van der Waals surface area contributed by atoms with E-state index >= 15 is 0 Å². The standard InChI is InChI=1S/C18H23F3N4O4S/c1-24(2)30(27,28)13-5-6-15-14(10-13)23-17(18(19,20)21)25(15)8-7-16(26)22-11-12-4-3-9-29-12/h5-6,10,12H,3-4,7-9,11H2,1-2H3,(H,22,26)/t12-/m0/s1. The Morgan fingerprint density at radius 2 is 2.10 bits per heavy atom. The minimum Gasteiger partial charge on any atom is -0.376 e. The summed E-state index contributed by atoms with van der Waals surface area (Å²) in [6, 6.07) is 3.61. The number of aromatic nitrogens is 2. The maximum Gasteiger partial charge on any atom is 0.449 e. The Kier molecular flexibility index (Phi) is 6.39. The number of carbonyl (C=O) groups is 1. The fraction of sp³-hybridized carbons (Fsp3) is 0.556. The number of rotatable bonds is 7. The predicted octanol–water partition coefficient (Wildman–Crippen LogP) is 1.99. The summed E-state index contributed by atoms with van der Waals surface area (Å²) >= 11 is 0. The van der Waals surface area contributed by atoms with Gasteiger partial charge in [0.25, 0.3) is 0 Å². The lowest BCUT2D eigenvalue weighted by atomic mass is 10.2. The molecule has 1 aliphatic heterocycles. The van der Waals surface area contributed by atoms with Gasteiger partial charge in [-0.05, 0) is 31.0 Å². The summed E-state index contributed by atoms with van der Waals surface area (Å²) in [5.41, 5.74) is -0.00280. The van der Waals surface area contributed by atoms with Crippen molar-refractivity contribution >= 4 is 27.0 Å². The largest absolute Gasteiger partial charge is 0.449 e. The Balaban J connectivity index is 1.84. The van der Waals surface area contributed by atoms with Crippen molar-refractivity contribution in [2.24, 2.45) is 0 Å². The maximum absolute atomic E-state index is 13.5. The summed E-state index contributed by atoms with van der Waals surface area (Å²) in [5.74, 6) is -1.57. The first-order valence-corrected chi connectivity index (χ1v) is 10.8. The van der Waals surface area contributed by atoms with E-state index in [1.807, 2.05) is 0 Å². The molecule has 8 nitrogen and oxygen atoms in total. The first-order valence-electron chi connectivity index (χ1n) is 9.38. The quantitative estimate of drug-likeness (QED) is 0.699. The van der Waals surface area contributed by atoms with Gasteiger partial charge in [-0.3, -0.25) is 4.79 Å². The molecule has 2 heterocycles. The molecule has 166 valence electrons. The molecular weight excluding hydrogens is 425 g/mol. The van der Waals surface area contributed by atoms with Crippen LogP contribution in [0.15, 0.2) is 23.1 Å². The summed E-state index contributed by atoms with van der Waals surface area (Å²) in [4.78, 5) is 15.5. The van der Waals surface area contributed by atoms with Crippen LogP contribution in [0, 0.1) is 0 Å². The van der Waals surface area contributed by atoms with E-state index in [9.17, 15) is 26.4 Å². The molecule has 1 N–H and O–H groups in total. The molecule has 1 aliphatic rings. The van der Waals surface area contributed by atoms with Gasteiger partial charge in [0.2, 0.25) is 21.8 Å². The van der Waals surface area contributed by atoms with Crippen molar-refractivity contribution in [2.75, 3.05) is 27.2 Å².